The second-order valence-electron chi connectivity index (χ2n) is 9.47. The number of thioether (sulfide) groups is 1. The van der Waals surface area contributed by atoms with Crippen LogP contribution in [-0.4, -0.2) is 40.7 Å². The fourth-order valence-corrected chi connectivity index (χ4v) is 7.86. The van der Waals surface area contributed by atoms with E-state index in [1.807, 2.05) is 13.0 Å². The predicted octanol–water partition coefficient (Wildman–Crippen LogP) is 4.48. The van der Waals surface area contributed by atoms with E-state index in [1.165, 1.54) is 0 Å². The minimum atomic E-state index is -0.547. The van der Waals surface area contributed by atoms with Crippen LogP contribution in [0.25, 0.3) is 0 Å². The van der Waals surface area contributed by atoms with Crippen LogP contribution in [0.2, 0.25) is 0 Å². The normalized spacial score (nSPS) is 51.5. The molecule has 3 aliphatic rings. The molecule has 0 amide bonds. The minimum absolute atomic E-state index is 0.00860. The van der Waals surface area contributed by atoms with Crippen molar-refractivity contribution in [1.82, 2.24) is 0 Å². The summed E-state index contributed by atoms with van der Waals surface area (Å²) in [6, 6.07) is 0. The van der Waals surface area contributed by atoms with Gasteiger partial charge in [-0.3, -0.25) is 4.79 Å². The molecule has 3 fully saturated rings. The van der Waals surface area contributed by atoms with E-state index in [1.54, 1.807) is 18.9 Å². The molecule has 0 saturated heterocycles. The number of hydrogen-bond donors (Lipinski definition) is 1. The van der Waals surface area contributed by atoms with Gasteiger partial charge >= 0.3 is 0 Å². The highest BCUT2D eigenvalue weighted by atomic mass is 32.2. The molecule has 3 rings (SSSR count). The summed E-state index contributed by atoms with van der Waals surface area (Å²) in [5.41, 5.74) is -0.239. The zero-order valence-electron chi connectivity index (χ0n) is 17.1. The second-order valence-corrected chi connectivity index (χ2v) is 11.0. The van der Waals surface area contributed by atoms with Crippen molar-refractivity contribution in [3.05, 3.63) is 12.7 Å². The minimum Gasteiger partial charge on any atom is -0.392 e. The molecule has 26 heavy (non-hydrogen) atoms. The fourth-order valence-electron chi connectivity index (χ4n) is 6.78. The molecule has 3 saturated carbocycles. The molecule has 4 heteroatoms. The Hall–Kier alpha value is -0.320. The van der Waals surface area contributed by atoms with Gasteiger partial charge in [0.25, 0.3) is 0 Å². The van der Waals surface area contributed by atoms with Crippen molar-refractivity contribution in [2.75, 3.05) is 12.9 Å². The van der Waals surface area contributed by atoms with Gasteiger partial charge < -0.3 is 9.84 Å². The van der Waals surface area contributed by atoms with Gasteiger partial charge in [-0.25, -0.2) is 0 Å². The smallest absolute Gasteiger partial charge is 0.152 e. The van der Waals surface area contributed by atoms with Crippen LogP contribution in [0.1, 0.15) is 59.8 Å². The Labute approximate surface area is 163 Å². The van der Waals surface area contributed by atoms with Gasteiger partial charge in [-0.15, -0.1) is 18.3 Å². The van der Waals surface area contributed by atoms with Crippen LogP contribution < -0.4 is 0 Å². The third kappa shape index (κ3) is 2.66. The first-order chi connectivity index (χ1) is 12.2. The zero-order valence-corrected chi connectivity index (χ0v) is 17.9. The number of carbonyl (C=O) groups excluding carboxylic acids is 1. The average molecular weight is 381 g/mol. The molecule has 0 aromatic carbocycles. The topological polar surface area (TPSA) is 46.5 Å². The molecule has 3 nitrogen and oxygen atoms in total. The van der Waals surface area contributed by atoms with Crippen LogP contribution in [0.15, 0.2) is 12.7 Å². The summed E-state index contributed by atoms with van der Waals surface area (Å²) in [7, 11) is 1.80. The third-order valence-corrected chi connectivity index (χ3v) is 9.97. The van der Waals surface area contributed by atoms with E-state index in [0.29, 0.717) is 18.1 Å². The Morgan fingerprint density at radius 1 is 1.31 bits per heavy atom. The summed E-state index contributed by atoms with van der Waals surface area (Å²) in [5.74, 6) is 1.76. The summed E-state index contributed by atoms with van der Waals surface area (Å²) >= 11 is 1.65. The molecule has 2 unspecified atom stereocenters. The maximum atomic E-state index is 13.7. The molecule has 0 aromatic rings. The molecule has 2 bridgehead atoms. The van der Waals surface area contributed by atoms with Crippen molar-refractivity contribution in [2.24, 2.45) is 28.6 Å². The SMILES string of the molecule is C=CCS[C@]1(C)C[C@@H](O)[C@@]2(C)C3[C@H](OC)CCC3(CC[C@H]2C)[C@@H](C)C1=O. The quantitative estimate of drug-likeness (QED) is 0.731. The summed E-state index contributed by atoms with van der Waals surface area (Å²) in [4.78, 5) is 13.7. The van der Waals surface area contributed by atoms with Crippen molar-refractivity contribution >= 4 is 17.5 Å². The number of methoxy groups -OCH3 is 1. The van der Waals surface area contributed by atoms with E-state index in [0.717, 1.165) is 31.4 Å². The molecule has 0 spiro atoms. The number of hydrogen-bond acceptors (Lipinski definition) is 4. The highest BCUT2D eigenvalue weighted by Crippen LogP contribution is 2.68. The van der Waals surface area contributed by atoms with Crippen LogP contribution >= 0.6 is 11.8 Å². The van der Waals surface area contributed by atoms with Crippen molar-refractivity contribution < 1.29 is 14.6 Å². The lowest BCUT2D eigenvalue weighted by atomic mass is 9.45. The van der Waals surface area contributed by atoms with E-state index < -0.39 is 10.9 Å². The van der Waals surface area contributed by atoms with E-state index in [9.17, 15) is 9.90 Å². The molecule has 0 aromatic heterocycles. The maximum absolute atomic E-state index is 13.7. The lowest BCUT2D eigenvalue weighted by molar-refractivity contribution is -0.182. The van der Waals surface area contributed by atoms with Crippen molar-refractivity contribution in [2.45, 2.75) is 76.8 Å². The molecule has 3 aliphatic carbocycles. The lowest BCUT2D eigenvalue weighted by Crippen LogP contribution is -2.63. The second kappa shape index (κ2) is 6.93. The van der Waals surface area contributed by atoms with Gasteiger partial charge in [-0.2, -0.15) is 0 Å². The average Bonchev–Trinajstić information content (AvgIpc) is 3.02. The molecule has 0 radical (unpaired) electrons. The number of Topliss-reactive ketones (excluding diaryl/α,β-unsaturated/α-hetero) is 1. The fraction of sp³-hybridized carbons (Fsp3) is 0.864. The highest BCUT2D eigenvalue weighted by molar-refractivity contribution is 8.01. The van der Waals surface area contributed by atoms with Gasteiger partial charge in [-0.05, 0) is 56.3 Å². The van der Waals surface area contributed by atoms with E-state index in [2.05, 4.69) is 27.4 Å². The van der Waals surface area contributed by atoms with Gasteiger partial charge in [0.15, 0.2) is 5.78 Å². The molecular weight excluding hydrogens is 344 g/mol. The van der Waals surface area contributed by atoms with E-state index in [-0.39, 0.29) is 28.8 Å². The van der Waals surface area contributed by atoms with Crippen molar-refractivity contribution in [1.29, 1.82) is 0 Å². The first-order valence-electron chi connectivity index (χ1n) is 10.2. The Kier molecular flexibility index (Phi) is 5.44. The van der Waals surface area contributed by atoms with Gasteiger partial charge in [-0.1, -0.05) is 26.8 Å². The molecule has 0 heterocycles. The van der Waals surface area contributed by atoms with Gasteiger partial charge in [0.1, 0.15) is 0 Å². The van der Waals surface area contributed by atoms with Crippen molar-refractivity contribution in [3.8, 4) is 0 Å². The first kappa shape index (κ1) is 20.4. The largest absolute Gasteiger partial charge is 0.392 e. The van der Waals surface area contributed by atoms with Gasteiger partial charge in [0.05, 0.1) is 17.0 Å². The Bertz CT molecular complexity index is 578. The predicted molar refractivity (Wildman–Crippen MR) is 108 cm³/mol. The van der Waals surface area contributed by atoms with E-state index >= 15 is 0 Å². The van der Waals surface area contributed by atoms with Crippen LogP contribution in [0.4, 0.5) is 0 Å². The number of carbonyl (C=O) groups is 1. The molecule has 1 N–H and O–H groups in total. The van der Waals surface area contributed by atoms with Crippen LogP contribution in [0.5, 0.6) is 0 Å². The van der Waals surface area contributed by atoms with Crippen LogP contribution in [0.3, 0.4) is 0 Å². The summed E-state index contributed by atoms with van der Waals surface area (Å²) < 4.78 is 5.38. The molecule has 8 atom stereocenters. The standard InChI is InChI=1S/C22H36O3S/c1-7-12-26-20(4)13-17(23)21(5)14(2)8-10-22(15(3)19(20)24)11-9-16(25-6)18(21)22/h7,14-18,23H,1,8-13H2,2-6H3/t14-,15+,16-,17-,18?,20-,21+,22?/m1/s1. The zero-order chi connectivity index (χ0) is 19.3. The Morgan fingerprint density at radius 2 is 1.96 bits per heavy atom. The number of ketones is 1. The highest BCUT2D eigenvalue weighted by Gasteiger charge is 2.67. The number of ether oxygens (including phenoxy) is 1. The summed E-state index contributed by atoms with van der Waals surface area (Å²) in [6.45, 7) is 12.6. The molecular formula is C22H36O3S. The van der Waals surface area contributed by atoms with Crippen LogP contribution in [0, 0.1) is 28.6 Å². The number of aliphatic hydroxyl groups is 1. The third-order valence-electron chi connectivity index (χ3n) is 8.56. The Balaban J connectivity index is 2.13. The van der Waals surface area contributed by atoms with E-state index in [4.69, 9.17) is 4.74 Å². The molecule has 0 aliphatic heterocycles. The first-order valence-corrected chi connectivity index (χ1v) is 11.2. The van der Waals surface area contributed by atoms with Gasteiger partial charge in [0, 0.05) is 24.2 Å². The number of aliphatic hydroxyl groups excluding tert-OH is 1. The monoisotopic (exact) mass is 380 g/mol. The molecule has 148 valence electrons. The number of rotatable bonds is 4. The summed E-state index contributed by atoms with van der Waals surface area (Å²) in [6.07, 6.45) is 6.27. The van der Waals surface area contributed by atoms with Gasteiger partial charge in [0.2, 0.25) is 0 Å². The van der Waals surface area contributed by atoms with Crippen LogP contribution in [-0.2, 0) is 9.53 Å². The lowest BCUT2D eigenvalue weighted by Gasteiger charge is -2.61. The Morgan fingerprint density at radius 3 is 2.58 bits per heavy atom. The maximum Gasteiger partial charge on any atom is 0.152 e. The van der Waals surface area contributed by atoms with Crippen molar-refractivity contribution in [3.63, 3.8) is 0 Å². The summed E-state index contributed by atoms with van der Waals surface area (Å²) in [5, 5.41) is 11.5.